The summed E-state index contributed by atoms with van der Waals surface area (Å²) in [4.78, 5) is 14.3. The van der Waals surface area contributed by atoms with Crippen LogP contribution in [0.1, 0.15) is 50.4 Å². The summed E-state index contributed by atoms with van der Waals surface area (Å²) in [5.41, 5.74) is 0.258. The number of hydrogen-bond acceptors (Lipinski definition) is 4. The Kier molecular flexibility index (Phi) is 5.11. The van der Waals surface area contributed by atoms with Gasteiger partial charge in [-0.2, -0.15) is 0 Å². The number of hydrogen-bond donors (Lipinski definition) is 1. The van der Waals surface area contributed by atoms with E-state index in [4.69, 9.17) is 4.52 Å². The Bertz CT molecular complexity index is 428. The van der Waals surface area contributed by atoms with E-state index in [1.165, 1.54) is 0 Å². The summed E-state index contributed by atoms with van der Waals surface area (Å²) in [5, 5.41) is 6.80. The van der Waals surface area contributed by atoms with E-state index in [1.807, 2.05) is 27.9 Å². The van der Waals surface area contributed by atoms with Crippen LogP contribution in [0.5, 0.6) is 0 Å². The van der Waals surface area contributed by atoms with Crippen molar-refractivity contribution in [3.05, 3.63) is 17.5 Å². The maximum absolute atomic E-state index is 12.1. The lowest BCUT2D eigenvalue weighted by atomic mass is 9.89. The van der Waals surface area contributed by atoms with E-state index in [2.05, 4.69) is 29.2 Å². The Balaban J connectivity index is 2.75. The maximum atomic E-state index is 12.1. The van der Waals surface area contributed by atoms with Gasteiger partial charge in [0.15, 0.2) is 5.69 Å². The van der Waals surface area contributed by atoms with Crippen LogP contribution in [-0.4, -0.2) is 41.6 Å². The molecule has 1 N–H and O–H groups in total. The number of carbonyl (C=O) groups is 1. The predicted molar refractivity (Wildman–Crippen MR) is 75.2 cm³/mol. The fourth-order valence-corrected chi connectivity index (χ4v) is 2.02. The van der Waals surface area contributed by atoms with Crippen molar-refractivity contribution in [3.63, 3.8) is 0 Å². The van der Waals surface area contributed by atoms with Gasteiger partial charge in [0.1, 0.15) is 5.76 Å². The van der Waals surface area contributed by atoms with E-state index >= 15 is 0 Å². The molecule has 2 atom stereocenters. The van der Waals surface area contributed by atoms with Gasteiger partial charge < -0.3 is 14.7 Å². The molecule has 1 aromatic rings. The first-order chi connectivity index (χ1) is 8.85. The first-order valence-corrected chi connectivity index (χ1v) is 6.79. The molecule has 0 radical (unpaired) electrons. The van der Waals surface area contributed by atoms with Gasteiger partial charge in [0, 0.05) is 24.1 Å². The SMILES string of the molecule is CCc1cc(C(=O)NC(C)C(C)(CC)N(C)C)no1. The summed E-state index contributed by atoms with van der Waals surface area (Å²) >= 11 is 0. The van der Waals surface area contributed by atoms with Crippen LogP contribution in [0, 0.1) is 0 Å². The zero-order chi connectivity index (χ0) is 14.6. The van der Waals surface area contributed by atoms with Crippen molar-refractivity contribution in [3.8, 4) is 0 Å². The molecule has 1 amide bonds. The minimum Gasteiger partial charge on any atom is -0.361 e. The average molecular weight is 267 g/mol. The lowest BCUT2D eigenvalue weighted by Gasteiger charge is -2.41. The molecular weight excluding hydrogens is 242 g/mol. The van der Waals surface area contributed by atoms with Crippen LogP contribution in [0.2, 0.25) is 0 Å². The van der Waals surface area contributed by atoms with E-state index < -0.39 is 0 Å². The van der Waals surface area contributed by atoms with Crippen molar-refractivity contribution in [2.24, 2.45) is 0 Å². The number of aryl methyl sites for hydroxylation is 1. The number of nitrogens with zero attached hydrogens (tertiary/aromatic N) is 2. The molecule has 108 valence electrons. The number of amides is 1. The number of nitrogens with one attached hydrogen (secondary N) is 1. The van der Waals surface area contributed by atoms with Crippen molar-refractivity contribution < 1.29 is 9.32 Å². The largest absolute Gasteiger partial charge is 0.361 e. The quantitative estimate of drug-likeness (QED) is 0.857. The molecule has 0 aliphatic heterocycles. The second kappa shape index (κ2) is 6.19. The topological polar surface area (TPSA) is 58.4 Å². The van der Waals surface area contributed by atoms with Gasteiger partial charge in [-0.15, -0.1) is 0 Å². The number of likely N-dealkylation sites (N-methyl/N-ethyl adjacent to an activating group) is 1. The molecule has 1 rings (SSSR count). The molecule has 0 aliphatic carbocycles. The number of carbonyl (C=O) groups excluding carboxylic acids is 1. The highest BCUT2D eigenvalue weighted by molar-refractivity contribution is 5.92. The zero-order valence-electron chi connectivity index (χ0n) is 12.8. The molecule has 0 aromatic carbocycles. The van der Waals surface area contributed by atoms with Crippen LogP contribution in [0.3, 0.4) is 0 Å². The third-order valence-corrected chi connectivity index (χ3v) is 4.16. The second-order valence-corrected chi connectivity index (χ2v) is 5.33. The van der Waals surface area contributed by atoms with Crippen LogP contribution in [0.15, 0.2) is 10.6 Å². The van der Waals surface area contributed by atoms with Crippen molar-refractivity contribution in [1.29, 1.82) is 0 Å². The predicted octanol–water partition coefficient (Wildman–Crippen LogP) is 2.09. The highest BCUT2D eigenvalue weighted by Crippen LogP contribution is 2.21. The fraction of sp³-hybridized carbons (Fsp3) is 0.714. The molecule has 0 fully saturated rings. The first kappa shape index (κ1) is 15.7. The van der Waals surface area contributed by atoms with Gasteiger partial charge in [-0.05, 0) is 34.4 Å². The van der Waals surface area contributed by atoms with E-state index in [0.717, 1.165) is 18.6 Å². The Hall–Kier alpha value is -1.36. The molecule has 0 saturated carbocycles. The van der Waals surface area contributed by atoms with Crippen molar-refractivity contribution in [1.82, 2.24) is 15.4 Å². The highest BCUT2D eigenvalue weighted by atomic mass is 16.5. The van der Waals surface area contributed by atoms with Crippen molar-refractivity contribution >= 4 is 5.91 Å². The van der Waals surface area contributed by atoms with Crippen molar-refractivity contribution in [2.75, 3.05) is 14.1 Å². The van der Waals surface area contributed by atoms with E-state index in [0.29, 0.717) is 5.69 Å². The van der Waals surface area contributed by atoms with Crippen LogP contribution in [-0.2, 0) is 6.42 Å². The third-order valence-electron chi connectivity index (χ3n) is 4.16. The summed E-state index contributed by atoms with van der Waals surface area (Å²) in [5.74, 6) is 0.543. The molecule has 5 nitrogen and oxygen atoms in total. The molecule has 0 spiro atoms. The molecular formula is C14H25N3O2. The van der Waals surface area contributed by atoms with Crippen LogP contribution >= 0.6 is 0 Å². The van der Waals surface area contributed by atoms with Gasteiger partial charge in [-0.1, -0.05) is 19.0 Å². The monoisotopic (exact) mass is 267 g/mol. The van der Waals surface area contributed by atoms with E-state index in [1.54, 1.807) is 6.07 Å². The smallest absolute Gasteiger partial charge is 0.273 e. The summed E-state index contributed by atoms with van der Waals surface area (Å²) in [6, 6.07) is 1.71. The van der Waals surface area contributed by atoms with Gasteiger partial charge >= 0.3 is 0 Å². The Labute approximate surface area is 115 Å². The number of aromatic nitrogens is 1. The minimum atomic E-state index is -0.183. The maximum Gasteiger partial charge on any atom is 0.273 e. The molecule has 19 heavy (non-hydrogen) atoms. The van der Waals surface area contributed by atoms with Gasteiger partial charge in [0.05, 0.1) is 0 Å². The standard InChI is InChI=1S/C14H25N3O2/c1-7-11-9-12(16-19-11)13(18)15-10(3)14(4,8-2)17(5)6/h9-10H,7-8H2,1-6H3,(H,15,18). The first-order valence-electron chi connectivity index (χ1n) is 6.79. The molecule has 1 heterocycles. The van der Waals surface area contributed by atoms with Crippen LogP contribution in [0.4, 0.5) is 0 Å². The normalized spacial score (nSPS) is 16.2. The Morgan fingerprint density at radius 3 is 2.58 bits per heavy atom. The lowest BCUT2D eigenvalue weighted by Crippen LogP contribution is -2.56. The average Bonchev–Trinajstić information content (AvgIpc) is 2.86. The molecule has 1 aromatic heterocycles. The van der Waals surface area contributed by atoms with Gasteiger partial charge in [-0.25, -0.2) is 0 Å². The number of rotatable bonds is 6. The summed E-state index contributed by atoms with van der Waals surface area (Å²) in [7, 11) is 4.05. The van der Waals surface area contributed by atoms with Gasteiger partial charge in [-0.3, -0.25) is 4.79 Å². The molecule has 2 unspecified atom stereocenters. The molecule has 0 saturated heterocycles. The van der Waals surface area contributed by atoms with E-state index in [9.17, 15) is 4.79 Å². The lowest BCUT2D eigenvalue weighted by molar-refractivity contribution is 0.0811. The second-order valence-electron chi connectivity index (χ2n) is 5.33. The fourth-order valence-electron chi connectivity index (χ4n) is 2.02. The summed E-state index contributed by atoms with van der Waals surface area (Å²) in [6.45, 7) is 8.24. The van der Waals surface area contributed by atoms with Crippen LogP contribution < -0.4 is 5.32 Å². The van der Waals surface area contributed by atoms with Gasteiger partial charge in [0.25, 0.3) is 5.91 Å². The highest BCUT2D eigenvalue weighted by Gasteiger charge is 2.33. The molecule has 0 aliphatic rings. The van der Waals surface area contributed by atoms with Crippen LogP contribution in [0.25, 0.3) is 0 Å². The molecule has 0 bridgehead atoms. The zero-order valence-corrected chi connectivity index (χ0v) is 12.8. The third kappa shape index (κ3) is 3.35. The van der Waals surface area contributed by atoms with Gasteiger partial charge in [0.2, 0.25) is 0 Å². The molecule has 5 heteroatoms. The van der Waals surface area contributed by atoms with E-state index in [-0.39, 0.29) is 17.5 Å². The Morgan fingerprint density at radius 1 is 1.53 bits per heavy atom. The summed E-state index contributed by atoms with van der Waals surface area (Å²) in [6.07, 6.45) is 1.68. The summed E-state index contributed by atoms with van der Waals surface area (Å²) < 4.78 is 5.05. The Morgan fingerprint density at radius 2 is 2.16 bits per heavy atom. The van der Waals surface area contributed by atoms with Crippen molar-refractivity contribution in [2.45, 2.75) is 52.1 Å². The minimum absolute atomic E-state index is 0.0155.